The van der Waals surface area contributed by atoms with Gasteiger partial charge in [-0.3, -0.25) is 14.9 Å². The fourth-order valence-electron chi connectivity index (χ4n) is 0.980. The molecule has 0 aliphatic carbocycles. The fourth-order valence-corrected chi connectivity index (χ4v) is 0.980. The maximum atomic E-state index is 11.4. The van der Waals surface area contributed by atoms with Crippen molar-refractivity contribution >= 4 is 11.6 Å². The lowest BCUT2D eigenvalue weighted by Crippen LogP contribution is -2.37. The van der Waals surface area contributed by atoms with Crippen molar-refractivity contribution in [2.45, 2.75) is 13.0 Å². The van der Waals surface area contributed by atoms with Crippen molar-refractivity contribution in [3.8, 4) is 0 Å². The van der Waals surface area contributed by atoms with Crippen LogP contribution in [0.1, 0.15) is 17.4 Å². The number of rotatable bonds is 4. The predicted molar refractivity (Wildman–Crippen MR) is 53.4 cm³/mol. The summed E-state index contributed by atoms with van der Waals surface area (Å²) in [6, 6.07) is 1.01. The molecule has 1 rings (SSSR count). The van der Waals surface area contributed by atoms with Crippen molar-refractivity contribution in [2.75, 3.05) is 6.54 Å². The van der Waals surface area contributed by atoms with Gasteiger partial charge < -0.3 is 16.0 Å². The molecule has 82 valence electrons. The molecule has 1 atom stereocenters. The maximum Gasteiger partial charge on any atom is 0.287 e. The Morgan fingerprint density at radius 2 is 2.47 bits per heavy atom. The Morgan fingerprint density at radius 3 is 2.93 bits per heavy atom. The number of nitro groups is 1. The van der Waals surface area contributed by atoms with Gasteiger partial charge in [0.05, 0.1) is 11.1 Å². The second-order valence-corrected chi connectivity index (χ2v) is 3.14. The Kier molecular flexibility index (Phi) is 3.40. The van der Waals surface area contributed by atoms with E-state index in [1.165, 1.54) is 12.3 Å². The zero-order valence-corrected chi connectivity index (χ0v) is 8.19. The zero-order valence-electron chi connectivity index (χ0n) is 8.19. The number of nitrogens with zero attached hydrogens (tertiary/aromatic N) is 1. The van der Waals surface area contributed by atoms with Crippen molar-refractivity contribution in [1.82, 2.24) is 10.3 Å². The Hall–Kier alpha value is -1.89. The number of nitrogens with one attached hydrogen (secondary N) is 2. The summed E-state index contributed by atoms with van der Waals surface area (Å²) >= 11 is 0. The SMILES string of the molecule is CC(CN)NC(=O)c1cc([N+](=O)[O-])c[nH]1. The van der Waals surface area contributed by atoms with E-state index in [-0.39, 0.29) is 17.4 Å². The number of hydrogen-bond donors (Lipinski definition) is 3. The number of hydrogen-bond acceptors (Lipinski definition) is 4. The van der Waals surface area contributed by atoms with E-state index < -0.39 is 10.8 Å². The van der Waals surface area contributed by atoms with Crippen LogP contribution in [0.4, 0.5) is 5.69 Å². The van der Waals surface area contributed by atoms with E-state index >= 15 is 0 Å². The smallest absolute Gasteiger partial charge is 0.287 e. The van der Waals surface area contributed by atoms with Gasteiger partial charge in [0, 0.05) is 18.7 Å². The van der Waals surface area contributed by atoms with Gasteiger partial charge in [-0.1, -0.05) is 0 Å². The molecular weight excluding hydrogens is 200 g/mol. The van der Waals surface area contributed by atoms with Gasteiger partial charge in [-0.25, -0.2) is 0 Å². The molecule has 0 aliphatic heterocycles. The molecule has 0 bridgehead atoms. The van der Waals surface area contributed by atoms with Crippen molar-refractivity contribution in [3.63, 3.8) is 0 Å². The molecule has 0 radical (unpaired) electrons. The van der Waals surface area contributed by atoms with Crippen LogP contribution < -0.4 is 11.1 Å². The number of nitrogens with two attached hydrogens (primary N) is 1. The van der Waals surface area contributed by atoms with E-state index in [9.17, 15) is 14.9 Å². The van der Waals surface area contributed by atoms with Crippen molar-refractivity contribution in [3.05, 3.63) is 28.1 Å². The van der Waals surface area contributed by atoms with Crippen molar-refractivity contribution in [2.24, 2.45) is 5.73 Å². The van der Waals surface area contributed by atoms with E-state index in [4.69, 9.17) is 5.73 Å². The Bertz CT molecular complexity index is 374. The van der Waals surface area contributed by atoms with Crippen LogP contribution in [0.25, 0.3) is 0 Å². The largest absolute Gasteiger partial charge is 0.351 e. The third-order valence-corrected chi connectivity index (χ3v) is 1.85. The monoisotopic (exact) mass is 212 g/mol. The average Bonchev–Trinajstić information content (AvgIpc) is 2.66. The Labute approximate surface area is 85.8 Å². The fraction of sp³-hybridized carbons (Fsp3) is 0.375. The molecule has 0 fully saturated rings. The number of H-pyrrole nitrogens is 1. The first-order valence-electron chi connectivity index (χ1n) is 4.38. The number of aromatic amines is 1. The topological polar surface area (TPSA) is 114 Å². The standard InChI is InChI=1S/C8H12N4O3/c1-5(3-9)11-8(13)7-2-6(4-10-7)12(14)15/h2,4-5,10H,3,9H2,1H3,(H,11,13). The molecule has 7 nitrogen and oxygen atoms in total. The molecule has 1 unspecified atom stereocenters. The molecule has 1 aromatic rings. The average molecular weight is 212 g/mol. The summed E-state index contributed by atoms with van der Waals surface area (Å²) in [6.07, 6.45) is 1.17. The molecule has 4 N–H and O–H groups in total. The highest BCUT2D eigenvalue weighted by Crippen LogP contribution is 2.11. The molecule has 0 aromatic carbocycles. The molecule has 1 heterocycles. The van der Waals surface area contributed by atoms with E-state index in [2.05, 4.69) is 10.3 Å². The lowest BCUT2D eigenvalue weighted by Gasteiger charge is -2.09. The van der Waals surface area contributed by atoms with Crippen LogP contribution in [0.2, 0.25) is 0 Å². The van der Waals surface area contributed by atoms with Gasteiger partial charge in [-0.2, -0.15) is 0 Å². The van der Waals surface area contributed by atoms with Crippen LogP contribution in [-0.2, 0) is 0 Å². The van der Waals surface area contributed by atoms with Gasteiger partial charge in [0.25, 0.3) is 11.6 Å². The zero-order chi connectivity index (χ0) is 11.4. The molecule has 15 heavy (non-hydrogen) atoms. The molecule has 0 saturated heterocycles. The molecule has 1 aromatic heterocycles. The second kappa shape index (κ2) is 4.56. The van der Waals surface area contributed by atoms with Crippen LogP contribution in [-0.4, -0.2) is 28.4 Å². The van der Waals surface area contributed by atoms with E-state index in [1.807, 2.05) is 0 Å². The minimum absolute atomic E-state index is 0.138. The number of aromatic nitrogens is 1. The van der Waals surface area contributed by atoms with Crippen molar-refractivity contribution < 1.29 is 9.72 Å². The first-order chi connectivity index (χ1) is 7.04. The highest BCUT2D eigenvalue weighted by molar-refractivity contribution is 5.93. The lowest BCUT2D eigenvalue weighted by atomic mass is 10.3. The number of carbonyl (C=O) groups is 1. The van der Waals surface area contributed by atoms with Gasteiger partial charge in [0.2, 0.25) is 0 Å². The maximum absolute atomic E-state index is 11.4. The van der Waals surface area contributed by atoms with Gasteiger partial charge in [-0.05, 0) is 6.92 Å². The quantitative estimate of drug-likeness (QED) is 0.481. The Morgan fingerprint density at radius 1 is 1.80 bits per heavy atom. The minimum Gasteiger partial charge on any atom is -0.351 e. The summed E-state index contributed by atoms with van der Waals surface area (Å²) in [4.78, 5) is 23.7. The summed E-state index contributed by atoms with van der Waals surface area (Å²) in [6.45, 7) is 2.06. The molecular formula is C8H12N4O3. The molecule has 0 spiro atoms. The van der Waals surface area contributed by atoms with Crippen LogP contribution in [0.15, 0.2) is 12.3 Å². The summed E-state index contributed by atoms with van der Waals surface area (Å²) in [5, 5.41) is 12.9. The third-order valence-electron chi connectivity index (χ3n) is 1.85. The highest BCUT2D eigenvalue weighted by Gasteiger charge is 2.15. The van der Waals surface area contributed by atoms with Gasteiger partial charge in [0.15, 0.2) is 0 Å². The summed E-state index contributed by atoms with van der Waals surface area (Å²) in [7, 11) is 0. The summed E-state index contributed by atoms with van der Waals surface area (Å²) in [5.74, 6) is -0.402. The van der Waals surface area contributed by atoms with E-state index in [0.717, 1.165) is 0 Å². The molecule has 0 saturated carbocycles. The molecule has 1 amide bonds. The normalized spacial score (nSPS) is 12.1. The van der Waals surface area contributed by atoms with Gasteiger partial charge >= 0.3 is 0 Å². The summed E-state index contributed by atoms with van der Waals surface area (Å²) < 4.78 is 0. The van der Waals surface area contributed by atoms with Gasteiger partial charge in [0.1, 0.15) is 5.69 Å². The highest BCUT2D eigenvalue weighted by atomic mass is 16.6. The first kappa shape index (κ1) is 11.2. The first-order valence-corrected chi connectivity index (χ1v) is 4.38. The van der Waals surface area contributed by atoms with E-state index in [0.29, 0.717) is 6.54 Å². The number of amides is 1. The molecule has 7 heteroatoms. The van der Waals surface area contributed by atoms with Crippen LogP contribution in [0, 0.1) is 10.1 Å². The predicted octanol–water partition coefficient (Wildman–Crippen LogP) is -0.000100. The molecule has 0 aliphatic rings. The van der Waals surface area contributed by atoms with Crippen molar-refractivity contribution in [1.29, 1.82) is 0 Å². The summed E-state index contributed by atoms with van der Waals surface area (Å²) in [5.41, 5.74) is 5.33. The minimum atomic E-state index is -0.570. The Balaban J connectivity index is 2.70. The van der Waals surface area contributed by atoms with Crippen LogP contribution in [0.3, 0.4) is 0 Å². The third kappa shape index (κ3) is 2.78. The lowest BCUT2D eigenvalue weighted by molar-refractivity contribution is -0.384. The van der Waals surface area contributed by atoms with Gasteiger partial charge in [-0.15, -0.1) is 0 Å². The van der Waals surface area contributed by atoms with Crippen LogP contribution >= 0.6 is 0 Å². The van der Waals surface area contributed by atoms with E-state index in [1.54, 1.807) is 6.92 Å². The number of carbonyl (C=O) groups excluding carboxylic acids is 1. The second-order valence-electron chi connectivity index (χ2n) is 3.14. The van der Waals surface area contributed by atoms with Crippen LogP contribution in [0.5, 0.6) is 0 Å².